The van der Waals surface area contributed by atoms with Gasteiger partial charge in [0, 0.05) is 6.42 Å². The molecule has 3 N–H and O–H groups in total. The maximum Gasteiger partial charge on any atom is 0.316 e. The molecule has 0 saturated carbocycles. The zero-order valence-corrected chi connectivity index (χ0v) is 19.6. The quantitative estimate of drug-likeness (QED) is 0.117. The molecule has 1 heterocycles. The van der Waals surface area contributed by atoms with Gasteiger partial charge in [0.2, 0.25) is 5.78 Å². The standard InChI is InChI=1S/C22H40N2O6S/c1-2-3-4-5-6-7-8-9-10-11-12-13-21(27)22-23(16-17-25)14-15-24(22)18-20(26)19-31(28,29)30/h2,20,25-26H,1,3-19H2/p+1. The van der Waals surface area contributed by atoms with Gasteiger partial charge in [0.25, 0.3) is 10.1 Å². The third-order valence-electron chi connectivity index (χ3n) is 5.50. The van der Waals surface area contributed by atoms with Gasteiger partial charge in [0.05, 0.1) is 6.61 Å². The molecule has 31 heavy (non-hydrogen) atoms. The van der Waals surface area contributed by atoms with Crippen LogP contribution in [0.25, 0.3) is 0 Å². The number of carbonyl (C=O) groups is 1. The number of unbranched alkanes of at least 4 members (excludes halogenated alkanes) is 9. The molecular weight excluding hydrogens is 420 g/mol. The summed E-state index contributed by atoms with van der Waals surface area (Å²) >= 11 is 0. The average molecular weight is 462 g/mol. The van der Waals surface area contributed by atoms with Crippen molar-refractivity contribution in [2.75, 3.05) is 38.5 Å². The molecule has 1 aliphatic rings. The van der Waals surface area contributed by atoms with Gasteiger partial charge in [-0.3, -0.25) is 18.8 Å². The highest BCUT2D eigenvalue weighted by molar-refractivity contribution is 7.85. The number of aliphatic hydroxyl groups is 2. The Morgan fingerprint density at radius 1 is 1.10 bits per heavy atom. The Labute approximate surface area is 187 Å². The molecule has 9 heteroatoms. The minimum absolute atomic E-state index is 0.0460. The van der Waals surface area contributed by atoms with Crippen molar-refractivity contribution in [1.82, 2.24) is 4.90 Å². The lowest BCUT2D eigenvalue weighted by atomic mass is 10.0. The SMILES string of the molecule is C=CCCCCCCCCCCCC(=O)C1=[N+](CC(O)CS(=O)(=O)O)CCN1CCO. The summed E-state index contributed by atoms with van der Waals surface area (Å²) in [6, 6.07) is 0. The molecule has 0 bridgehead atoms. The molecule has 1 atom stereocenters. The molecule has 0 aromatic heterocycles. The van der Waals surface area contributed by atoms with Crippen LogP contribution in [0.4, 0.5) is 0 Å². The Balaban J connectivity index is 2.41. The molecule has 0 aromatic carbocycles. The van der Waals surface area contributed by atoms with Gasteiger partial charge in [0.1, 0.15) is 38.0 Å². The van der Waals surface area contributed by atoms with E-state index in [1.807, 2.05) is 6.08 Å². The lowest BCUT2D eigenvalue weighted by Gasteiger charge is -2.13. The van der Waals surface area contributed by atoms with Crippen LogP contribution in [0.2, 0.25) is 0 Å². The van der Waals surface area contributed by atoms with Gasteiger partial charge in [-0.1, -0.05) is 51.0 Å². The topological polar surface area (TPSA) is 118 Å². The Morgan fingerprint density at radius 2 is 1.68 bits per heavy atom. The van der Waals surface area contributed by atoms with E-state index in [4.69, 9.17) is 4.55 Å². The van der Waals surface area contributed by atoms with Crippen LogP contribution in [0.5, 0.6) is 0 Å². The summed E-state index contributed by atoms with van der Waals surface area (Å²) in [5.74, 6) is -0.380. The van der Waals surface area contributed by atoms with Crippen LogP contribution in [0.15, 0.2) is 12.7 Å². The maximum atomic E-state index is 12.8. The van der Waals surface area contributed by atoms with Gasteiger partial charge in [-0.2, -0.15) is 8.42 Å². The summed E-state index contributed by atoms with van der Waals surface area (Å²) in [7, 11) is -4.29. The van der Waals surface area contributed by atoms with E-state index in [1.165, 1.54) is 38.5 Å². The van der Waals surface area contributed by atoms with Gasteiger partial charge >= 0.3 is 5.84 Å². The van der Waals surface area contributed by atoms with Crippen molar-refractivity contribution in [3.63, 3.8) is 0 Å². The molecule has 0 aromatic rings. The summed E-state index contributed by atoms with van der Waals surface area (Å²) < 4.78 is 32.5. The van der Waals surface area contributed by atoms with E-state index in [2.05, 4.69) is 6.58 Å². The monoisotopic (exact) mass is 461 g/mol. The maximum absolute atomic E-state index is 12.8. The Morgan fingerprint density at radius 3 is 2.23 bits per heavy atom. The summed E-state index contributed by atoms with van der Waals surface area (Å²) in [5.41, 5.74) is 0. The van der Waals surface area contributed by atoms with Crippen LogP contribution in [0.1, 0.15) is 70.6 Å². The second kappa shape index (κ2) is 15.5. The molecule has 0 fully saturated rings. The molecule has 0 aliphatic carbocycles. The fraction of sp³-hybridized carbons (Fsp3) is 0.818. The number of allylic oxidation sites excluding steroid dienone is 1. The van der Waals surface area contributed by atoms with Crippen LogP contribution >= 0.6 is 0 Å². The number of amidine groups is 1. The van der Waals surface area contributed by atoms with Crippen LogP contribution < -0.4 is 0 Å². The van der Waals surface area contributed by atoms with Crippen molar-refractivity contribution in [1.29, 1.82) is 0 Å². The van der Waals surface area contributed by atoms with Crippen LogP contribution in [0, 0.1) is 0 Å². The van der Waals surface area contributed by atoms with E-state index in [0.29, 0.717) is 31.9 Å². The molecule has 0 radical (unpaired) electrons. The van der Waals surface area contributed by atoms with Crippen molar-refractivity contribution in [3.05, 3.63) is 12.7 Å². The third kappa shape index (κ3) is 12.4. The number of carbonyl (C=O) groups excluding carboxylic acids is 1. The number of aliphatic hydroxyl groups excluding tert-OH is 2. The molecular formula is C22H41N2O6S+. The minimum Gasteiger partial charge on any atom is -0.392 e. The number of nitrogens with zero attached hydrogens (tertiary/aromatic N) is 2. The Bertz CT molecular complexity index is 677. The number of rotatable bonds is 19. The Hall–Kier alpha value is -1.29. The molecule has 8 nitrogen and oxygen atoms in total. The third-order valence-corrected chi connectivity index (χ3v) is 6.31. The zero-order chi connectivity index (χ0) is 23.1. The van der Waals surface area contributed by atoms with E-state index in [0.717, 1.165) is 25.7 Å². The van der Waals surface area contributed by atoms with Gasteiger partial charge in [-0.05, 0) is 19.3 Å². The molecule has 0 amide bonds. The predicted octanol–water partition coefficient (Wildman–Crippen LogP) is 2.00. The summed E-state index contributed by atoms with van der Waals surface area (Å²) in [4.78, 5) is 14.6. The summed E-state index contributed by atoms with van der Waals surface area (Å²) in [6.07, 6.45) is 12.5. The first-order valence-electron chi connectivity index (χ1n) is 11.5. The van der Waals surface area contributed by atoms with Crippen molar-refractivity contribution in [2.24, 2.45) is 0 Å². The van der Waals surface area contributed by atoms with Crippen LogP contribution in [-0.4, -0.2) is 88.9 Å². The van der Waals surface area contributed by atoms with Crippen LogP contribution in [0.3, 0.4) is 0 Å². The minimum atomic E-state index is -4.29. The van der Waals surface area contributed by atoms with Gasteiger partial charge in [-0.25, -0.2) is 0 Å². The lowest BCUT2D eigenvalue weighted by Crippen LogP contribution is -2.40. The Kier molecular flexibility index (Phi) is 13.9. The smallest absolute Gasteiger partial charge is 0.316 e. The average Bonchev–Trinajstić information content (AvgIpc) is 3.06. The fourth-order valence-corrected chi connectivity index (χ4v) is 4.59. The van der Waals surface area contributed by atoms with Gasteiger partial charge < -0.3 is 10.2 Å². The zero-order valence-electron chi connectivity index (χ0n) is 18.8. The van der Waals surface area contributed by atoms with Gasteiger partial charge in [-0.15, -0.1) is 6.58 Å². The lowest BCUT2D eigenvalue weighted by molar-refractivity contribution is -0.525. The number of hydrogen-bond acceptors (Lipinski definition) is 6. The van der Waals surface area contributed by atoms with Crippen molar-refractivity contribution >= 4 is 21.7 Å². The molecule has 0 spiro atoms. The second-order valence-corrected chi connectivity index (χ2v) is 9.81. The highest BCUT2D eigenvalue weighted by Crippen LogP contribution is 2.13. The van der Waals surface area contributed by atoms with Crippen LogP contribution in [-0.2, 0) is 14.9 Å². The molecule has 180 valence electrons. The predicted molar refractivity (Wildman–Crippen MR) is 122 cm³/mol. The van der Waals surface area contributed by atoms with Crippen molar-refractivity contribution in [3.8, 4) is 0 Å². The van der Waals surface area contributed by atoms with E-state index in [9.17, 15) is 23.4 Å². The van der Waals surface area contributed by atoms with Gasteiger partial charge in [0.15, 0.2) is 0 Å². The number of β-amino-alcohol motifs (C(OH)–C–C–N with tert-alkyl or cyclic N) is 2. The molecule has 1 rings (SSSR count). The second-order valence-electron chi connectivity index (χ2n) is 8.32. The molecule has 0 saturated heterocycles. The summed E-state index contributed by atoms with van der Waals surface area (Å²) in [6.45, 7) is 4.92. The van der Waals surface area contributed by atoms with Crippen molar-refractivity contribution < 1.29 is 32.6 Å². The van der Waals surface area contributed by atoms with E-state index in [-0.39, 0.29) is 18.9 Å². The first-order chi connectivity index (χ1) is 14.8. The summed E-state index contributed by atoms with van der Waals surface area (Å²) in [5, 5.41) is 19.2. The highest BCUT2D eigenvalue weighted by Gasteiger charge is 2.36. The van der Waals surface area contributed by atoms with E-state index in [1.54, 1.807) is 9.48 Å². The van der Waals surface area contributed by atoms with E-state index >= 15 is 0 Å². The molecule has 1 aliphatic heterocycles. The molecule has 1 unspecified atom stereocenters. The largest absolute Gasteiger partial charge is 0.392 e. The number of Topliss-reactive ketones (excluding diaryl/α,β-unsaturated/α-hetero) is 1. The first kappa shape index (κ1) is 27.7. The normalized spacial score (nSPS) is 15.5. The first-order valence-corrected chi connectivity index (χ1v) is 13.1. The number of ketones is 1. The van der Waals surface area contributed by atoms with Crippen molar-refractivity contribution in [2.45, 2.75) is 76.7 Å². The fourth-order valence-electron chi connectivity index (χ4n) is 4.00. The van der Waals surface area contributed by atoms with E-state index < -0.39 is 22.0 Å². The number of hydrogen-bond donors (Lipinski definition) is 3. The highest BCUT2D eigenvalue weighted by atomic mass is 32.2.